The number of rotatable bonds is 0. The van der Waals surface area contributed by atoms with Crippen LogP contribution in [-0.2, 0) is 19.5 Å². The van der Waals surface area contributed by atoms with E-state index in [1.165, 1.54) is 17.8 Å². The van der Waals surface area contributed by atoms with Crippen molar-refractivity contribution in [2.24, 2.45) is 0 Å². The molecule has 0 radical (unpaired) electrons. The number of hydrogen-bond acceptors (Lipinski definition) is 0. The first-order valence-corrected chi connectivity index (χ1v) is 4.50. The molecule has 0 bridgehead atoms. The summed E-state index contributed by atoms with van der Waals surface area (Å²) in [5, 5.41) is 0. The molecule has 0 saturated carbocycles. The summed E-state index contributed by atoms with van der Waals surface area (Å²) in [6.45, 7) is 18.8. The van der Waals surface area contributed by atoms with Gasteiger partial charge in [-0.1, -0.05) is 0 Å². The van der Waals surface area contributed by atoms with E-state index in [1.807, 2.05) is 0 Å². The van der Waals surface area contributed by atoms with E-state index >= 15 is 0 Å². The molecular formula is C12H27LiZn. The van der Waals surface area contributed by atoms with Gasteiger partial charge >= 0.3 is 38.3 Å². The van der Waals surface area contributed by atoms with Gasteiger partial charge in [0.2, 0.25) is 0 Å². The maximum Gasteiger partial charge on any atom is 2.00 e. The predicted molar refractivity (Wildman–Crippen MR) is 60.8 cm³/mol. The second-order valence-electron chi connectivity index (χ2n) is 4.50. The number of hydrogen-bond donors (Lipinski definition) is 0. The summed E-state index contributed by atoms with van der Waals surface area (Å²) in [6, 6.07) is 0. The van der Waals surface area contributed by atoms with Crippen molar-refractivity contribution in [3.8, 4) is 0 Å². The van der Waals surface area contributed by atoms with Crippen LogP contribution in [0.4, 0.5) is 0 Å². The zero-order valence-electron chi connectivity index (χ0n) is 12.2. The first-order valence-electron chi connectivity index (χ1n) is 4.50. The molecule has 2 heteroatoms. The Morgan fingerprint density at radius 2 is 0.429 bits per heavy atom. The van der Waals surface area contributed by atoms with E-state index in [4.69, 9.17) is 0 Å². The third kappa shape index (κ3) is 1320. The van der Waals surface area contributed by atoms with Gasteiger partial charge in [0.05, 0.1) is 0 Å². The molecule has 0 heterocycles. The summed E-state index contributed by atoms with van der Waals surface area (Å²) in [4.78, 5) is 0. The maximum atomic E-state index is 2.08. The van der Waals surface area contributed by atoms with Crippen LogP contribution in [0.5, 0.6) is 0 Å². The SMILES string of the molecule is C[C-](C)C.C[C-](C)C.C[C-](C)C.[Li+].[Zn+2]. The van der Waals surface area contributed by atoms with E-state index in [1.54, 1.807) is 0 Å². The van der Waals surface area contributed by atoms with Crippen molar-refractivity contribution >= 4 is 0 Å². The maximum absolute atomic E-state index is 2.08. The van der Waals surface area contributed by atoms with Gasteiger partial charge in [-0.25, -0.2) is 0 Å². The van der Waals surface area contributed by atoms with Gasteiger partial charge in [-0.05, 0) is 0 Å². The minimum absolute atomic E-state index is 0. The Hall–Kier alpha value is 1.22. The van der Waals surface area contributed by atoms with Crippen molar-refractivity contribution < 1.29 is 38.3 Å². The molecule has 0 aliphatic rings. The molecule has 0 nitrogen and oxygen atoms in total. The van der Waals surface area contributed by atoms with E-state index in [0.717, 1.165) is 0 Å². The van der Waals surface area contributed by atoms with E-state index < -0.39 is 0 Å². The molecule has 0 saturated heterocycles. The van der Waals surface area contributed by atoms with Crippen LogP contribution in [0.1, 0.15) is 62.3 Å². The topological polar surface area (TPSA) is 0 Å². The summed E-state index contributed by atoms with van der Waals surface area (Å²) in [6.07, 6.45) is 0. The Morgan fingerprint density at radius 3 is 0.429 bits per heavy atom. The van der Waals surface area contributed by atoms with Crippen LogP contribution in [0.2, 0.25) is 0 Å². The third-order valence-corrected chi connectivity index (χ3v) is 0. The van der Waals surface area contributed by atoms with Crippen LogP contribution in [0, 0.1) is 17.8 Å². The molecule has 0 atom stereocenters. The molecule has 0 fully saturated rings. The average molecular weight is 244 g/mol. The molecule has 78 valence electrons. The fourth-order valence-electron chi connectivity index (χ4n) is 0. The van der Waals surface area contributed by atoms with Gasteiger partial charge in [-0.2, -0.15) is 62.3 Å². The van der Waals surface area contributed by atoms with Crippen LogP contribution in [0.15, 0.2) is 0 Å². The molecule has 14 heavy (non-hydrogen) atoms. The minimum atomic E-state index is 0. The summed E-state index contributed by atoms with van der Waals surface area (Å²) < 4.78 is 0. The predicted octanol–water partition coefficient (Wildman–Crippen LogP) is 1.86. The zero-order chi connectivity index (χ0) is 10.7. The fraction of sp³-hybridized carbons (Fsp3) is 0.750. The Morgan fingerprint density at radius 1 is 0.429 bits per heavy atom. The van der Waals surface area contributed by atoms with Crippen LogP contribution in [0.3, 0.4) is 0 Å². The first kappa shape index (κ1) is 29.5. The fourth-order valence-corrected chi connectivity index (χ4v) is 0. The van der Waals surface area contributed by atoms with Crippen LogP contribution >= 0.6 is 0 Å². The average Bonchev–Trinajstić information content (AvgIpc) is 1.54. The Labute approximate surface area is 118 Å². The Bertz CT molecular complexity index is 38.8. The van der Waals surface area contributed by atoms with Gasteiger partial charge in [-0.3, -0.25) is 0 Å². The van der Waals surface area contributed by atoms with E-state index in [2.05, 4.69) is 62.3 Å². The van der Waals surface area contributed by atoms with Crippen LogP contribution < -0.4 is 18.9 Å². The van der Waals surface area contributed by atoms with Gasteiger partial charge in [0.1, 0.15) is 0 Å². The largest absolute Gasteiger partial charge is 2.00 e. The van der Waals surface area contributed by atoms with Crippen molar-refractivity contribution in [1.29, 1.82) is 0 Å². The molecule has 0 aromatic heterocycles. The molecule has 0 aromatic carbocycles. The Kier molecular flexibility index (Phi) is 50.1. The molecular weight excluding hydrogens is 216 g/mol. The molecule has 0 rings (SSSR count). The van der Waals surface area contributed by atoms with Crippen molar-refractivity contribution in [3.05, 3.63) is 17.8 Å². The smallest absolute Gasteiger partial charge is 0.323 e. The van der Waals surface area contributed by atoms with Crippen molar-refractivity contribution in [1.82, 2.24) is 0 Å². The molecule has 0 unspecified atom stereocenters. The zero-order valence-corrected chi connectivity index (χ0v) is 15.2. The van der Waals surface area contributed by atoms with Crippen LogP contribution in [-0.4, -0.2) is 0 Å². The van der Waals surface area contributed by atoms with E-state index in [0.29, 0.717) is 0 Å². The van der Waals surface area contributed by atoms with Gasteiger partial charge in [0, 0.05) is 0 Å². The van der Waals surface area contributed by atoms with Gasteiger partial charge in [0.25, 0.3) is 0 Å². The second-order valence-corrected chi connectivity index (χ2v) is 4.50. The van der Waals surface area contributed by atoms with Crippen molar-refractivity contribution in [3.63, 3.8) is 0 Å². The van der Waals surface area contributed by atoms with Crippen LogP contribution in [0.25, 0.3) is 0 Å². The van der Waals surface area contributed by atoms with Crippen molar-refractivity contribution in [2.45, 2.75) is 62.3 Å². The van der Waals surface area contributed by atoms with Gasteiger partial charge in [0.15, 0.2) is 0 Å². The molecule has 0 spiro atoms. The molecule has 0 aliphatic carbocycles. The molecule has 0 aromatic rings. The van der Waals surface area contributed by atoms with E-state index in [9.17, 15) is 0 Å². The standard InChI is InChI=1S/3C4H9.Li.Zn/c3*1-4(2)3;;/h3*1-3H3;;/q3*-1;+1;+2. The minimum Gasteiger partial charge on any atom is -0.323 e. The third-order valence-electron chi connectivity index (χ3n) is 0. The Balaban J connectivity index is -0.0000000270. The van der Waals surface area contributed by atoms with Gasteiger partial charge in [-0.15, -0.1) is 0 Å². The molecule has 0 amide bonds. The first-order chi connectivity index (χ1) is 5.20. The summed E-state index contributed by atoms with van der Waals surface area (Å²) in [5.41, 5.74) is 0. The van der Waals surface area contributed by atoms with Crippen molar-refractivity contribution in [2.75, 3.05) is 0 Å². The van der Waals surface area contributed by atoms with Gasteiger partial charge < -0.3 is 17.8 Å². The second kappa shape index (κ2) is 23.8. The van der Waals surface area contributed by atoms with E-state index in [-0.39, 0.29) is 38.3 Å². The summed E-state index contributed by atoms with van der Waals surface area (Å²) in [7, 11) is 0. The quantitative estimate of drug-likeness (QED) is 0.450. The normalized spacial score (nSPS) is 7.71. The monoisotopic (exact) mass is 242 g/mol. The summed E-state index contributed by atoms with van der Waals surface area (Å²) >= 11 is 0. The molecule has 0 aliphatic heterocycles. The molecule has 0 N–H and O–H groups in total. The summed E-state index contributed by atoms with van der Waals surface area (Å²) in [5.74, 6) is 4.25.